The fraction of sp³-hybridized carbons (Fsp3) is 0.0714. The Bertz CT molecular complexity index is 743. The summed E-state index contributed by atoms with van der Waals surface area (Å²) in [6, 6.07) is 9.43. The maximum atomic E-state index is 10.5. The number of benzene rings is 1. The minimum Gasteiger partial charge on any atom is -0.383 e. The first-order chi connectivity index (χ1) is 9.18. The van der Waals surface area contributed by atoms with Gasteiger partial charge in [0.2, 0.25) is 0 Å². The average molecular weight is 355 g/mol. The molecular formula is C14H9BrClNOS. The minimum absolute atomic E-state index is 0.587. The van der Waals surface area contributed by atoms with Gasteiger partial charge in [-0.1, -0.05) is 39.7 Å². The summed E-state index contributed by atoms with van der Waals surface area (Å²) in [7, 11) is 0. The molecule has 0 bridgehead atoms. The summed E-state index contributed by atoms with van der Waals surface area (Å²) in [5.41, 5.74) is 1.55. The average Bonchev–Trinajstić information content (AvgIpc) is 2.85. The predicted molar refractivity (Wildman–Crippen MR) is 82.8 cm³/mol. The van der Waals surface area contributed by atoms with Crippen LogP contribution in [0.5, 0.6) is 0 Å². The number of aromatic nitrogens is 1. The van der Waals surface area contributed by atoms with E-state index in [4.69, 9.17) is 11.6 Å². The van der Waals surface area contributed by atoms with Gasteiger partial charge in [0.1, 0.15) is 6.10 Å². The molecule has 2 nitrogen and oxygen atoms in total. The van der Waals surface area contributed by atoms with Crippen LogP contribution in [-0.4, -0.2) is 10.1 Å². The summed E-state index contributed by atoms with van der Waals surface area (Å²) in [5, 5.41) is 14.0. The topological polar surface area (TPSA) is 33.1 Å². The SMILES string of the molecule is OC(c1sccc1Cl)c1ccc(Br)c2cccnc12. The lowest BCUT2D eigenvalue weighted by Gasteiger charge is -2.13. The number of hydrogen-bond donors (Lipinski definition) is 1. The molecule has 0 aliphatic carbocycles. The highest BCUT2D eigenvalue weighted by Gasteiger charge is 2.19. The summed E-state index contributed by atoms with van der Waals surface area (Å²) >= 11 is 11.0. The number of pyridine rings is 1. The van der Waals surface area contributed by atoms with Gasteiger partial charge in [0, 0.05) is 21.6 Å². The van der Waals surface area contributed by atoms with Gasteiger partial charge in [-0.2, -0.15) is 0 Å². The lowest BCUT2D eigenvalue weighted by Crippen LogP contribution is -2.00. The van der Waals surface area contributed by atoms with E-state index < -0.39 is 6.10 Å². The van der Waals surface area contributed by atoms with Crippen LogP contribution in [-0.2, 0) is 0 Å². The number of fused-ring (bicyclic) bond motifs is 1. The molecule has 0 saturated carbocycles. The van der Waals surface area contributed by atoms with Crippen molar-refractivity contribution in [3.8, 4) is 0 Å². The molecule has 0 amide bonds. The van der Waals surface area contributed by atoms with E-state index in [0.717, 1.165) is 25.8 Å². The highest BCUT2D eigenvalue weighted by molar-refractivity contribution is 9.10. The number of hydrogen-bond acceptors (Lipinski definition) is 3. The Morgan fingerprint density at radius 1 is 1.26 bits per heavy atom. The Morgan fingerprint density at radius 3 is 2.84 bits per heavy atom. The number of aliphatic hydroxyl groups excluding tert-OH is 1. The maximum absolute atomic E-state index is 10.5. The molecule has 3 rings (SSSR count). The summed E-state index contributed by atoms with van der Waals surface area (Å²) in [4.78, 5) is 5.12. The first-order valence-electron chi connectivity index (χ1n) is 5.62. The number of nitrogens with zero attached hydrogens (tertiary/aromatic N) is 1. The summed E-state index contributed by atoms with van der Waals surface area (Å²) in [5.74, 6) is 0. The van der Waals surface area contributed by atoms with Gasteiger partial charge in [0.25, 0.3) is 0 Å². The van der Waals surface area contributed by atoms with E-state index in [1.54, 1.807) is 12.3 Å². The quantitative estimate of drug-likeness (QED) is 0.717. The maximum Gasteiger partial charge on any atom is 0.117 e. The molecule has 96 valence electrons. The first kappa shape index (κ1) is 13.1. The van der Waals surface area contributed by atoms with Crippen molar-refractivity contribution in [2.24, 2.45) is 0 Å². The van der Waals surface area contributed by atoms with Crippen LogP contribution in [0.25, 0.3) is 10.9 Å². The predicted octanol–water partition coefficient (Wildman–Crippen LogP) is 4.79. The number of thiophene rings is 1. The van der Waals surface area contributed by atoms with Crippen molar-refractivity contribution < 1.29 is 5.11 Å². The normalized spacial score (nSPS) is 12.8. The van der Waals surface area contributed by atoms with Gasteiger partial charge in [0.05, 0.1) is 15.4 Å². The molecule has 0 aliphatic rings. The standard InChI is InChI=1S/C14H9BrClNOS/c15-10-4-3-9(12-8(10)2-1-6-17-12)13(18)14-11(16)5-7-19-14/h1-7,13,18H. The van der Waals surface area contributed by atoms with E-state index in [-0.39, 0.29) is 0 Å². The third kappa shape index (κ3) is 2.30. The zero-order valence-corrected chi connectivity index (χ0v) is 12.8. The van der Waals surface area contributed by atoms with Crippen molar-refractivity contribution in [2.45, 2.75) is 6.10 Å². The van der Waals surface area contributed by atoms with Crippen molar-refractivity contribution in [3.63, 3.8) is 0 Å². The molecule has 0 aliphatic heterocycles. The van der Waals surface area contributed by atoms with E-state index >= 15 is 0 Å². The monoisotopic (exact) mass is 353 g/mol. The van der Waals surface area contributed by atoms with E-state index in [2.05, 4.69) is 20.9 Å². The first-order valence-corrected chi connectivity index (χ1v) is 7.67. The third-order valence-electron chi connectivity index (χ3n) is 2.94. The molecule has 0 saturated heterocycles. The summed E-state index contributed by atoms with van der Waals surface area (Å²) in [6.07, 6.45) is 0.971. The van der Waals surface area contributed by atoms with E-state index in [1.807, 2.05) is 29.6 Å². The van der Waals surface area contributed by atoms with Crippen LogP contribution >= 0.6 is 38.9 Å². The van der Waals surface area contributed by atoms with Crippen LogP contribution in [0.3, 0.4) is 0 Å². The van der Waals surface area contributed by atoms with Gasteiger partial charge in [-0.15, -0.1) is 11.3 Å². The molecule has 2 aromatic heterocycles. The molecule has 0 spiro atoms. The highest BCUT2D eigenvalue weighted by atomic mass is 79.9. The molecule has 3 aromatic rings. The van der Waals surface area contributed by atoms with Gasteiger partial charge < -0.3 is 5.11 Å². The highest BCUT2D eigenvalue weighted by Crippen LogP contribution is 2.36. The molecule has 1 aromatic carbocycles. The van der Waals surface area contributed by atoms with E-state index in [9.17, 15) is 5.11 Å². The largest absolute Gasteiger partial charge is 0.383 e. The van der Waals surface area contributed by atoms with Gasteiger partial charge in [-0.3, -0.25) is 4.98 Å². The van der Waals surface area contributed by atoms with E-state index in [1.165, 1.54) is 11.3 Å². The Balaban J connectivity index is 2.21. The summed E-state index contributed by atoms with van der Waals surface area (Å²) in [6.45, 7) is 0. The second-order valence-electron chi connectivity index (χ2n) is 4.07. The molecule has 1 unspecified atom stereocenters. The number of halogens is 2. The van der Waals surface area contributed by atoms with Crippen molar-refractivity contribution in [1.29, 1.82) is 0 Å². The Morgan fingerprint density at radius 2 is 2.11 bits per heavy atom. The van der Waals surface area contributed by atoms with Crippen LogP contribution in [0, 0.1) is 0 Å². The zero-order chi connectivity index (χ0) is 13.4. The minimum atomic E-state index is -0.752. The van der Waals surface area contributed by atoms with Crippen LogP contribution in [0.4, 0.5) is 0 Å². The Labute approximate surface area is 127 Å². The second kappa shape index (κ2) is 5.21. The van der Waals surface area contributed by atoms with E-state index in [0.29, 0.717) is 5.02 Å². The molecule has 19 heavy (non-hydrogen) atoms. The molecule has 1 atom stereocenters. The molecule has 1 N–H and O–H groups in total. The number of aliphatic hydroxyl groups is 1. The number of rotatable bonds is 2. The van der Waals surface area contributed by atoms with Crippen LogP contribution in [0.1, 0.15) is 16.5 Å². The van der Waals surface area contributed by atoms with Gasteiger partial charge in [-0.25, -0.2) is 0 Å². The van der Waals surface area contributed by atoms with Gasteiger partial charge in [-0.05, 0) is 23.6 Å². The van der Waals surface area contributed by atoms with Crippen molar-refractivity contribution >= 4 is 49.8 Å². The van der Waals surface area contributed by atoms with Crippen LogP contribution in [0.15, 0.2) is 46.4 Å². The van der Waals surface area contributed by atoms with Crippen molar-refractivity contribution in [3.05, 3.63) is 61.8 Å². The zero-order valence-electron chi connectivity index (χ0n) is 9.68. The fourth-order valence-electron chi connectivity index (χ4n) is 2.02. The molecule has 0 radical (unpaired) electrons. The smallest absolute Gasteiger partial charge is 0.117 e. The van der Waals surface area contributed by atoms with Crippen molar-refractivity contribution in [2.75, 3.05) is 0 Å². The lowest BCUT2D eigenvalue weighted by molar-refractivity contribution is 0.225. The third-order valence-corrected chi connectivity index (χ3v) is 5.04. The Kier molecular flexibility index (Phi) is 3.58. The van der Waals surface area contributed by atoms with Gasteiger partial charge in [0.15, 0.2) is 0 Å². The van der Waals surface area contributed by atoms with Crippen molar-refractivity contribution in [1.82, 2.24) is 4.98 Å². The van der Waals surface area contributed by atoms with Crippen LogP contribution in [0.2, 0.25) is 5.02 Å². The summed E-state index contributed by atoms with van der Waals surface area (Å²) < 4.78 is 0.962. The second-order valence-corrected chi connectivity index (χ2v) is 6.28. The fourth-order valence-corrected chi connectivity index (χ4v) is 3.64. The molecule has 0 fully saturated rings. The molecule has 2 heterocycles. The lowest BCUT2D eigenvalue weighted by atomic mass is 10.0. The van der Waals surface area contributed by atoms with Gasteiger partial charge >= 0.3 is 0 Å². The molecule has 5 heteroatoms. The van der Waals surface area contributed by atoms with Crippen LogP contribution < -0.4 is 0 Å². The molecular weight excluding hydrogens is 346 g/mol. The Hall–Kier alpha value is -0.940.